The molecule has 0 atom stereocenters. The van der Waals surface area contributed by atoms with E-state index in [2.05, 4.69) is 26.7 Å². The molecule has 0 radical (unpaired) electrons. The second kappa shape index (κ2) is 6.26. The van der Waals surface area contributed by atoms with Crippen molar-refractivity contribution in [3.63, 3.8) is 0 Å². The topological polar surface area (TPSA) is 38.0 Å². The van der Waals surface area contributed by atoms with Gasteiger partial charge in [-0.05, 0) is 37.8 Å². The molecule has 1 aromatic heterocycles. The molecule has 0 N–H and O–H groups in total. The predicted molar refractivity (Wildman–Crippen MR) is 93.8 cm³/mol. The van der Waals surface area contributed by atoms with E-state index in [0.29, 0.717) is 6.10 Å². The highest BCUT2D eigenvalue weighted by Gasteiger charge is 2.54. The third kappa shape index (κ3) is 3.00. The number of ether oxygens (including phenoxy) is 1. The SMILES string of the molecule is COC1CCC2(CC1)CN2c1ncc(C#Cc2ccccc2)cn1. The summed E-state index contributed by atoms with van der Waals surface area (Å²) < 4.78 is 5.47. The lowest BCUT2D eigenvalue weighted by molar-refractivity contribution is 0.0638. The minimum Gasteiger partial charge on any atom is -0.381 e. The summed E-state index contributed by atoms with van der Waals surface area (Å²) in [5.74, 6) is 7.09. The molecule has 1 aliphatic heterocycles. The van der Waals surface area contributed by atoms with Crippen LogP contribution in [0.15, 0.2) is 42.7 Å². The van der Waals surface area contributed by atoms with Gasteiger partial charge in [-0.1, -0.05) is 30.0 Å². The van der Waals surface area contributed by atoms with E-state index in [9.17, 15) is 0 Å². The van der Waals surface area contributed by atoms with E-state index in [1.54, 1.807) is 0 Å². The van der Waals surface area contributed by atoms with Gasteiger partial charge in [-0.25, -0.2) is 9.97 Å². The number of rotatable bonds is 2. The van der Waals surface area contributed by atoms with Crippen molar-refractivity contribution in [3.05, 3.63) is 53.9 Å². The van der Waals surface area contributed by atoms with E-state index in [-0.39, 0.29) is 5.54 Å². The molecule has 0 unspecified atom stereocenters. The quantitative estimate of drug-likeness (QED) is 0.630. The largest absolute Gasteiger partial charge is 0.381 e. The van der Waals surface area contributed by atoms with Gasteiger partial charge >= 0.3 is 0 Å². The molecule has 4 heteroatoms. The highest BCUT2D eigenvalue weighted by Crippen LogP contribution is 2.46. The molecule has 0 bridgehead atoms. The average Bonchev–Trinajstić information content (AvgIpc) is 3.35. The summed E-state index contributed by atoms with van der Waals surface area (Å²) in [6.45, 7) is 1.07. The summed E-state index contributed by atoms with van der Waals surface area (Å²) in [6.07, 6.45) is 8.68. The molecule has 24 heavy (non-hydrogen) atoms. The van der Waals surface area contributed by atoms with Crippen LogP contribution in [-0.2, 0) is 4.74 Å². The molecule has 2 fully saturated rings. The lowest BCUT2D eigenvalue weighted by Gasteiger charge is -2.27. The Balaban J connectivity index is 1.42. The van der Waals surface area contributed by atoms with E-state index in [1.807, 2.05) is 49.8 Å². The lowest BCUT2D eigenvalue weighted by atomic mass is 9.87. The first-order valence-corrected chi connectivity index (χ1v) is 8.49. The molecule has 0 amide bonds. The van der Waals surface area contributed by atoms with Crippen LogP contribution in [0.1, 0.15) is 36.8 Å². The normalized spacial score (nSPS) is 25.2. The van der Waals surface area contributed by atoms with Crippen LogP contribution in [0.5, 0.6) is 0 Å². The summed E-state index contributed by atoms with van der Waals surface area (Å²) in [5, 5.41) is 0. The van der Waals surface area contributed by atoms with Crippen molar-refractivity contribution >= 4 is 5.95 Å². The molecule has 1 saturated heterocycles. The summed E-state index contributed by atoms with van der Waals surface area (Å²) in [5.41, 5.74) is 2.13. The fourth-order valence-corrected chi connectivity index (χ4v) is 3.53. The number of hydrogen-bond donors (Lipinski definition) is 0. The van der Waals surface area contributed by atoms with Crippen molar-refractivity contribution in [1.29, 1.82) is 0 Å². The van der Waals surface area contributed by atoms with E-state index < -0.39 is 0 Å². The smallest absolute Gasteiger partial charge is 0.225 e. The number of benzene rings is 1. The maximum Gasteiger partial charge on any atom is 0.225 e. The third-order valence-electron chi connectivity index (χ3n) is 5.12. The van der Waals surface area contributed by atoms with Crippen molar-refractivity contribution in [1.82, 2.24) is 9.97 Å². The van der Waals surface area contributed by atoms with Crippen LogP contribution in [0.2, 0.25) is 0 Å². The van der Waals surface area contributed by atoms with Gasteiger partial charge in [-0.2, -0.15) is 0 Å². The number of nitrogens with zero attached hydrogens (tertiary/aromatic N) is 3. The van der Waals surface area contributed by atoms with Gasteiger partial charge in [0.2, 0.25) is 5.95 Å². The van der Waals surface area contributed by atoms with Crippen molar-refractivity contribution in [2.24, 2.45) is 0 Å². The van der Waals surface area contributed by atoms with Gasteiger partial charge in [-0.15, -0.1) is 0 Å². The second-order valence-electron chi connectivity index (χ2n) is 6.63. The molecular weight excluding hydrogens is 298 g/mol. The van der Waals surface area contributed by atoms with E-state index in [4.69, 9.17) is 4.74 Å². The van der Waals surface area contributed by atoms with Gasteiger partial charge in [0.1, 0.15) is 0 Å². The minimum absolute atomic E-state index is 0.284. The maximum absolute atomic E-state index is 5.47. The first-order valence-electron chi connectivity index (χ1n) is 8.49. The number of hydrogen-bond acceptors (Lipinski definition) is 4. The highest BCUT2D eigenvalue weighted by molar-refractivity contribution is 5.49. The van der Waals surface area contributed by atoms with Crippen LogP contribution in [0.25, 0.3) is 0 Å². The van der Waals surface area contributed by atoms with Gasteiger partial charge in [0.05, 0.1) is 17.2 Å². The molecule has 2 aliphatic rings. The van der Waals surface area contributed by atoms with Crippen molar-refractivity contribution in [3.8, 4) is 11.8 Å². The lowest BCUT2D eigenvalue weighted by Crippen LogP contribution is -2.29. The molecular formula is C20H21N3O. The van der Waals surface area contributed by atoms with Crippen LogP contribution in [0, 0.1) is 11.8 Å². The summed E-state index contributed by atoms with van der Waals surface area (Å²) in [4.78, 5) is 11.4. The number of anilines is 1. The Morgan fingerprint density at radius 1 is 1.04 bits per heavy atom. The number of aromatic nitrogens is 2. The van der Waals surface area contributed by atoms with Crippen molar-refractivity contribution < 1.29 is 4.74 Å². The zero-order valence-electron chi connectivity index (χ0n) is 13.9. The third-order valence-corrected chi connectivity index (χ3v) is 5.12. The Kier molecular flexibility index (Phi) is 3.95. The van der Waals surface area contributed by atoms with Crippen molar-refractivity contribution in [2.75, 3.05) is 18.6 Å². The summed E-state index contributed by atoms with van der Waals surface area (Å²) >= 11 is 0. The molecule has 122 valence electrons. The van der Waals surface area contributed by atoms with Gasteiger partial charge in [0.15, 0.2) is 0 Å². The van der Waals surface area contributed by atoms with Crippen LogP contribution in [-0.4, -0.2) is 35.3 Å². The van der Waals surface area contributed by atoms with Crippen LogP contribution in [0.4, 0.5) is 5.95 Å². The van der Waals surface area contributed by atoms with Gasteiger partial charge in [-0.3, -0.25) is 0 Å². The standard InChI is InChI=1S/C20H21N3O/c1-24-18-9-11-20(12-10-18)15-23(20)19-21-13-17(14-22-19)8-7-16-5-3-2-4-6-16/h2-6,13-14,18H,9-12,15H2,1H3. The summed E-state index contributed by atoms with van der Waals surface area (Å²) in [6, 6.07) is 9.96. The maximum atomic E-state index is 5.47. The molecule has 4 nitrogen and oxygen atoms in total. The first kappa shape index (κ1) is 15.2. The monoisotopic (exact) mass is 319 g/mol. The first-order chi connectivity index (χ1) is 11.8. The Morgan fingerprint density at radius 3 is 2.38 bits per heavy atom. The summed E-state index contributed by atoms with van der Waals surface area (Å²) in [7, 11) is 1.81. The average molecular weight is 319 g/mol. The van der Waals surface area contributed by atoms with Crippen molar-refractivity contribution in [2.45, 2.75) is 37.3 Å². The van der Waals surface area contributed by atoms with Crippen LogP contribution in [0.3, 0.4) is 0 Å². The van der Waals surface area contributed by atoms with E-state index in [1.165, 1.54) is 12.8 Å². The van der Waals surface area contributed by atoms with Crippen LogP contribution >= 0.6 is 0 Å². The van der Waals surface area contributed by atoms with Gasteiger partial charge in [0, 0.05) is 31.6 Å². The minimum atomic E-state index is 0.284. The Morgan fingerprint density at radius 2 is 1.71 bits per heavy atom. The molecule has 2 aromatic rings. The fourth-order valence-electron chi connectivity index (χ4n) is 3.53. The van der Waals surface area contributed by atoms with E-state index in [0.717, 1.165) is 36.5 Å². The van der Waals surface area contributed by atoms with Crippen LogP contribution < -0.4 is 4.90 Å². The highest BCUT2D eigenvalue weighted by atomic mass is 16.5. The zero-order valence-corrected chi connectivity index (χ0v) is 13.9. The Hall–Kier alpha value is -2.38. The second-order valence-corrected chi connectivity index (χ2v) is 6.63. The Labute approximate surface area is 142 Å². The van der Waals surface area contributed by atoms with Gasteiger partial charge < -0.3 is 9.64 Å². The zero-order chi connectivity index (χ0) is 16.4. The Bertz CT molecular complexity index is 753. The fraction of sp³-hybridized carbons (Fsp3) is 0.400. The van der Waals surface area contributed by atoms with E-state index >= 15 is 0 Å². The molecule has 1 spiro atoms. The molecule has 1 saturated carbocycles. The number of methoxy groups -OCH3 is 1. The van der Waals surface area contributed by atoms with Gasteiger partial charge in [0.25, 0.3) is 0 Å². The molecule has 1 aliphatic carbocycles. The molecule has 1 aromatic carbocycles. The molecule has 2 heterocycles. The molecule has 4 rings (SSSR count). The predicted octanol–water partition coefficient (Wildman–Crippen LogP) is 3.02.